The summed E-state index contributed by atoms with van der Waals surface area (Å²) in [6.07, 6.45) is 5.04. The van der Waals surface area contributed by atoms with Crippen LogP contribution in [0, 0.1) is 6.92 Å². The minimum absolute atomic E-state index is 0. The third-order valence-electron chi connectivity index (χ3n) is 5.44. The number of nitrogens with one attached hydrogen (secondary N) is 1. The van der Waals surface area contributed by atoms with Gasteiger partial charge < -0.3 is 24.4 Å². The van der Waals surface area contributed by atoms with Crippen LogP contribution in [0.3, 0.4) is 0 Å². The summed E-state index contributed by atoms with van der Waals surface area (Å²) >= 11 is 0. The van der Waals surface area contributed by atoms with Crippen LogP contribution in [0.5, 0.6) is 5.75 Å². The van der Waals surface area contributed by atoms with E-state index >= 15 is 0 Å². The van der Waals surface area contributed by atoms with Gasteiger partial charge in [-0.25, -0.2) is 4.99 Å². The molecule has 0 aliphatic carbocycles. The number of benzene rings is 1. The van der Waals surface area contributed by atoms with E-state index in [4.69, 9.17) is 19.2 Å². The molecule has 1 aromatic carbocycles. The van der Waals surface area contributed by atoms with E-state index in [1.807, 2.05) is 12.1 Å². The molecule has 7 heteroatoms. The van der Waals surface area contributed by atoms with Crippen molar-refractivity contribution in [3.05, 3.63) is 29.8 Å². The Morgan fingerprint density at radius 1 is 1.30 bits per heavy atom. The molecular formula is C23H38IN3O3. The quantitative estimate of drug-likeness (QED) is 0.312. The highest BCUT2D eigenvalue weighted by molar-refractivity contribution is 14.0. The summed E-state index contributed by atoms with van der Waals surface area (Å²) in [6.45, 7) is 11.3. The Hall–Kier alpha value is -1.06. The molecule has 30 heavy (non-hydrogen) atoms. The van der Waals surface area contributed by atoms with Gasteiger partial charge in [-0.1, -0.05) is 12.1 Å². The van der Waals surface area contributed by atoms with Crippen LogP contribution in [0.4, 0.5) is 0 Å². The van der Waals surface area contributed by atoms with E-state index < -0.39 is 0 Å². The second-order valence-corrected chi connectivity index (χ2v) is 8.09. The average Bonchev–Trinajstić information content (AvgIpc) is 3.24. The maximum Gasteiger partial charge on any atom is 0.194 e. The molecule has 0 amide bonds. The van der Waals surface area contributed by atoms with E-state index in [1.54, 1.807) is 0 Å². The second-order valence-electron chi connectivity index (χ2n) is 8.09. The molecule has 3 rings (SSSR count). The fourth-order valence-corrected chi connectivity index (χ4v) is 3.85. The highest BCUT2D eigenvalue weighted by Gasteiger charge is 2.24. The topological polar surface area (TPSA) is 55.3 Å². The van der Waals surface area contributed by atoms with Crippen LogP contribution >= 0.6 is 24.0 Å². The zero-order chi connectivity index (χ0) is 20.5. The number of nitrogens with zero attached hydrogens (tertiary/aromatic N) is 2. The number of guanidine groups is 1. The molecule has 2 heterocycles. The van der Waals surface area contributed by atoms with Gasteiger partial charge in [-0.05, 0) is 64.2 Å². The van der Waals surface area contributed by atoms with E-state index in [0.29, 0.717) is 18.8 Å². The number of halogens is 1. The summed E-state index contributed by atoms with van der Waals surface area (Å²) in [5.74, 6) is 1.88. The van der Waals surface area contributed by atoms with Crippen LogP contribution in [0.2, 0.25) is 0 Å². The number of hydrogen-bond acceptors (Lipinski definition) is 4. The number of piperidine rings is 1. The Morgan fingerprint density at radius 3 is 2.77 bits per heavy atom. The van der Waals surface area contributed by atoms with Crippen molar-refractivity contribution in [1.82, 2.24) is 10.2 Å². The molecular weight excluding hydrogens is 493 g/mol. The van der Waals surface area contributed by atoms with Gasteiger partial charge in [0.25, 0.3) is 0 Å². The summed E-state index contributed by atoms with van der Waals surface area (Å²) in [5.41, 5.74) is 1.20. The Bertz CT molecular complexity index is 644. The van der Waals surface area contributed by atoms with Crippen molar-refractivity contribution in [3.8, 4) is 5.75 Å². The van der Waals surface area contributed by atoms with Gasteiger partial charge >= 0.3 is 0 Å². The average molecular weight is 531 g/mol. The van der Waals surface area contributed by atoms with Gasteiger partial charge in [0.05, 0.1) is 25.4 Å². The molecule has 0 spiro atoms. The lowest BCUT2D eigenvalue weighted by atomic mass is 10.1. The lowest BCUT2D eigenvalue weighted by molar-refractivity contribution is -0.0367. The number of likely N-dealkylation sites (tertiary alicyclic amines) is 1. The SMILES string of the molecule is CCNC(=NCC(C)Oc1cccc(C)c1)N1CCC(OCC2CCCO2)CC1.I. The molecule has 2 aliphatic heterocycles. The third kappa shape index (κ3) is 8.23. The van der Waals surface area contributed by atoms with Crippen LogP contribution < -0.4 is 10.1 Å². The number of hydrogen-bond donors (Lipinski definition) is 1. The van der Waals surface area contributed by atoms with Crippen molar-refractivity contribution in [3.63, 3.8) is 0 Å². The molecule has 170 valence electrons. The first-order chi connectivity index (χ1) is 14.1. The van der Waals surface area contributed by atoms with Crippen molar-refractivity contribution in [2.75, 3.05) is 39.4 Å². The molecule has 2 fully saturated rings. The van der Waals surface area contributed by atoms with Crippen molar-refractivity contribution in [2.45, 2.75) is 64.8 Å². The molecule has 6 nitrogen and oxygen atoms in total. The minimum Gasteiger partial charge on any atom is -0.489 e. The van der Waals surface area contributed by atoms with Crippen molar-refractivity contribution < 1.29 is 14.2 Å². The van der Waals surface area contributed by atoms with Crippen LogP contribution in [0.1, 0.15) is 45.1 Å². The molecule has 1 aromatic rings. The monoisotopic (exact) mass is 531 g/mol. The van der Waals surface area contributed by atoms with Crippen molar-refractivity contribution in [2.24, 2.45) is 4.99 Å². The first-order valence-corrected chi connectivity index (χ1v) is 11.1. The Kier molecular flexibility index (Phi) is 11.2. The largest absolute Gasteiger partial charge is 0.489 e. The van der Waals surface area contributed by atoms with Gasteiger partial charge in [-0.2, -0.15) is 0 Å². The predicted octanol–water partition coefficient (Wildman–Crippen LogP) is 4.01. The van der Waals surface area contributed by atoms with Gasteiger partial charge in [0.1, 0.15) is 11.9 Å². The standard InChI is InChI=1S/C23H37N3O3.HI/c1-4-24-23(25-16-19(3)29-21-8-5-7-18(2)15-21)26-12-10-20(11-13-26)28-17-22-9-6-14-27-22;/h5,7-8,15,19-20,22H,4,6,9-14,16-17H2,1-3H3,(H,24,25);1H. The maximum absolute atomic E-state index is 6.10. The van der Waals surface area contributed by atoms with Gasteiger partial charge in [0.2, 0.25) is 0 Å². The Morgan fingerprint density at radius 2 is 2.10 bits per heavy atom. The number of aryl methyl sites for hydroxylation is 1. The van der Waals surface area contributed by atoms with E-state index in [0.717, 1.165) is 63.8 Å². The van der Waals surface area contributed by atoms with Crippen molar-refractivity contribution in [1.29, 1.82) is 0 Å². The Labute approximate surface area is 198 Å². The fraction of sp³-hybridized carbons (Fsp3) is 0.696. The molecule has 2 aliphatic rings. The predicted molar refractivity (Wildman–Crippen MR) is 132 cm³/mol. The lowest BCUT2D eigenvalue weighted by Gasteiger charge is -2.34. The van der Waals surface area contributed by atoms with Crippen LogP contribution in [-0.2, 0) is 9.47 Å². The fourth-order valence-electron chi connectivity index (χ4n) is 3.85. The highest BCUT2D eigenvalue weighted by Crippen LogP contribution is 2.18. The number of ether oxygens (including phenoxy) is 3. The normalized spacial score (nSPS) is 21.2. The van der Waals surface area contributed by atoms with Gasteiger partial charge in [-0.3, -0.25) is 0 Å². The molecule has 0 radical (unpaired) electrons. The van der Waals surface area contributed by atoms with E-state index in [-0.39, 0.29) is 30.1 Å². The van der Waals surface area contributed by atoms with E-state index in [9.17, 15) is 0 Å². The molecule has 0 aromatic heterocycles. The molecule has 1 N–H and O–H groups in total. The summed E-state index contributed by atoms with van der Waals surface area (Å²) in [5, 5.41) is 3.43. The number of rotatable bonds is 8. The minimum atomic E-state index is 0. The molecule has 2 unspecified atom stereocenters. The summed E-state index contributed by atoms with van der Waals surface area (Å²) in [4.78, 5) is 7.18. The second kappa shape index (κ2) is 13.4. The van der Waals surface area contributed by atoms with E-state index in [1.165, 1.54) is 12.0 Å². The highest BCUT2D eigenvalue weighted by atomic mass is 127. The summed E-state index contributed by atoms with van der Waals surface area (Å²) < 4.78 is 17.8. The lowest BCUT2D eigenvalue weighted by Crippen LogP contribution is -2.47. The van der Waals surface area contributed by atoms with Gasteiger partial charge in [-0.15, -0.1) is 24.0 Å². The maximum atomic E-state index is 6.10. The van der Waals surface area contributed by atoms with Gasteiger partial charge in [0.15, 0.2) is 5.96 Å². The molecule has 2 saturated heterocycles. The summed E-state index contributed by atoms with van der Waals surface area (Å²) in [7, 11) is 0. The molecule has 0 bridgehead atoms. The summed E-state index contributed by atoms with van der Waals surface area (Å²) in [6, 6.07) is 8.16. The smallest absolute Gasteiger partial charge is 0.194 e. The van der Waals surface area contributed by atoms with Crippen LogP contribution in [0.25, 0.3) is 0 Å². The molecule has 2 atom stereocenters. The van der Waals surface area contributed by atoms with Crippen LogP contribution in [-0.4, -0.2) is 68.6 Å². The van der Waals surface area contributed by atoms with Crippen molar-refractivity contribution >= 4 is 29.9 Å². The molecule has 0 saturated carbocycles. The first-order valence-electron chi connectivity index (χ1n) is 11.1. The van der Waals surface area contributed by atoms with Crippen LogP contribution in [0.15, 0.2) is 29.3 Å². The zero-order valence-electron chi connectivity index (χ0n) is 18.6. The third-order valence-corrected chi connectivity index (χ3v) is 5.44. The van der Waals surface area contributed by atoms with E-state index in [2.05, 4.69) is 43.1 Å². The zero-order valence-corrected chi connectivity index (χ0v) is 21.0. The first kappa shape index (κ1) is 25.2. The number of aliphatic imine (C=N–C) groups is 1. The Balaban J connectivity index is 0.00000320. The van der Waals surface area contributed by atoms with Gasteiger partial charge in [0, 0.05) is 26.2 Å².